The van der Waals surface area contributed by atoms with Gasteiger partial charge in [0.1, 0.15) is 6.10 Å². The lowest BCUT2D eigenvalue weighted by Gasteiger charge is -2.26. The first kappa shape index (κ1) is 28.7. The van der Waals surface area contributed by atoms with Crippen LogP contribution in [0.2, 0.25) is 0 Å². The summed E-state index contributed by atoms with van der Waals surface area (Å²) in [5, 5.41) is 8.91. The predicted molar refractivity (Wildman–Crippen MR) is 147 cm³/mol. The number of nitrogens with two attached hydrogens (primary N) is 1. The number of rotatable bonds is 8. The molecule has 2 heterocycles. The standard InChI is InChI=1S/C26H33N5O6S2/c1-26(2,3)31-39(33,34)21-12-16(19-13-22(35-4)29-30-23(19)36-5)8-11-18(21)20-14-28-24(38-20)15-6-9-17(10-7-15)37-25(27)32/h8,11-15,17,31H,6-7,9-10H2,1-5H3,(H2,27,32)/t15-,17-. The number of carbonyl (C=O) groups excluding carboxylic acids is 1. The molecule has 210 valence electrons. The van der Waals surface area contributed by atoms with Gasteiger partial charge in [0.25, 0.3) is 0 Å². The molecule has 1 amide bonds. The van der Waals surface area contributed by atoms with Crippen LogP contribution in [0.4, 0.5) is 4.79 Å². The second kappa shape index (κ2) is 11.4. The minimum absolute atomic E-state index is 0.113. The Hall–Kier alpha value is -3.29. The van der Waals surface area contributed by atoms with Crippen molar-refractivity contribution in [2.75, 3.05) is 14.2 Å². The summed E-state index contributed by atoms with van der Waals surface area (Å²) in [6.45, 7) is 5.37. The molecule has 13 heteroatoms. The normalized spacial score (nSPS) is 18.0. The van der Waals surface area contributed by atoms with E-state index in [4.69, 9.17) is 19.9 Å². The Bertz CT molecular complexity index is 1440. The first-order chi connectivity index (χ1) is 18.4. The summed E-state index contributed by atoms with van der Waals surface area (Å²) in [5.74, 6) is 0.713. The average molecular weight is 576 g/mol. The molecule has 0 atom stereocenters. The van der Waals surface area contributed by atoms with E-state index in [0.29, 0.717) is 29.5 Å². The number of aromatic nitrogens is 3. The largest absolute Gasteiger partial charge is 0.480 e. The van der Waals surface area contributed by atoms with E-state index in [-0.39, 0.29) is 28.7 Å². The highest BCUT2D eigenvalue weighted by atomic mass is 32.2. The highest BCUT2D eigenvalue weighted by molar-refractivity contribution is 7.89. The molecule has 3 aromatic rings. The summed E-state index contributed by atoms with van der Waals surface area (Å²) >= 11 is 1.47. The molecule has 39 heavy (non-hydrogen) atoms. The molecule has 1 aliphatic carbocycles. The average Bonchev–Trinajstić information content (AvgIpc) is 3.37. The second-order valence-electron chi connectivity index (χ2n) is 10.3. The lowest BCUT2D eigenvalue weighted by Crippen LogP contribution is -2.40. The molecule has 2 aromatic heterocycles. The Balaban J connectivity index is 1.74. The van der Waals surface area contributed by atoms with Gasteiger partial charge in [-0.1, -0.05) is 12.1 Å². The van der Waals surface area contributed by atoms with Crippen LogP contribution in [0.25, 0.3) is 21.6 Å². The van der Waals surface area contributed by atoms with Gasteiger partial charge in [0.05, 0.1) is 34.6 Å². The number of ether oxygens (including phenoxy) is 3. The van der Waals surface area contributed by atoms with E-state index >= 15 is 0 Å². The molecule has 0 bridgehead atoms. The topological polar surface area (TPSA) is 156 Å². The number of benzene rings is 1. The predicted octanol–water partition coefficient (Wildman–Crippen LogP) is 4.48. The molecule has 3 N–H and O–H groups in total. The highest BCUT2D eigenvalue weighted by Crippen LogP contribution is 2.41. The van der Waals surface area contributed by atoms with Crippen molar-refractivity contribution in [2.24, 2.45) is 5.73 Å². The molecule has 1 aliphatic rings. The van der Waals surface area contributed by atoms with E-state index in [1.165, 1.54) is 25.6 Å². The van der Waals surface area contributed by atoms with E-state index in [1.807, 2.05) is 6.07 Å². The fraction of sp³-hybridized carbons (Fsp3) is 0.462. The summed E-state index contributed by atoms with van der Waals surface area (Å²) < 4.78 is 45.9. The van der Waals surface area contributed by atoms with Gasteiger partial charge in [0.15, 0.2) is 0 Å². The van der Waals surface area contributed by atoms with E-state index in [9.17, 15) is 13.2 Å². The molecule has 0 spiro atoms. The van der Waals surface area contributed by atoms with Crippen molar-refractivity contribution < 1.29 is 27.4 Å². The van der Waals surface area contributed by atoms with Crippen molar-refractivity contribution in [1.29, 1.82) is 0 Å². The van der Waals surface area contributed by atoms with Crippen LogP contribution >= 0.6 is 11.3 Å². The summed E-state index contributed by atoms with van der Waals surface area (Å²) in [4.78, 5) is 16.6. The van der Waals surface area contributed by atoms with Gasteiger partial charge >= 0.3 is 6.09 Å². The SMILES string of the molecule is COc1cc(-c2ccc(-c3cnc([C@H]4CC[C@H](OC(N)=O)CC4)s3)c(S(=O)(=O)NC(C)(C)C)c2)c(OC)nn1. The van der Waals surface area contributed by atoms with Crippen LogP contribution in [0.3, 0.4) is 0 Å². The minimum atomic E-state index is -3.94. The summed E-state index contributed by atoms with van der Waals surface area (Å²) in [6.07, 6.45) is 3.80. The molecule has 11 nitrogen and oxygen atoms in total. The number of carbonyl (C=O) groups is 1. The van der Waals surface area contributed by atoms with Crippen LogP contribution in [0.1, 0.15) is 57.4 Å². The van der Waals surface area contributed by atoms with Crippen LogP contribution in [-0.2, 0) is 14.8 Å². The van der Waals surface area contributed by atoms with Crippen LogP contribution in [0.5, 0.6) is 11.8 Å². The number of amides is 1. The van der Waals surface area contributed by atoms with Gasteiger partial charge in [-0.2, -0.15) is 0 Å². The molecular formula is C26H33N5O6S2. The Labute approximate surface area is 232 Å². The third kappa shape index (κ3) is 6.84. The number of methoxy groups -OCH3 is 2. The monoisotopic (exact) mass is 575 g/mol. The summed E-state index contributed by atoms with van der Waals surface area (Å²) in [7, 11) is -0.987. The maximum absolute atomic E-state index is 13.7. The van der Waals surface area contributed by atoms with Crippen LogP contribution in [-0.4, -0.2) is 55.6 Å². The van der Waals surface area contributed by atoms with Gasteiger partial charge < -0.3 is 19.9 Å². The smallest absolute Gasteiger partial charge is 0.404 e. The van der Waals surface area contributed by atoms with Gasteiger partial charge in [-0.15, -0.1) is 21.5 Å². The second-order valence-corrected chi connectivity index (χ2v) is 13.1. The van der Waals surface area contributed by atoms with Gasteiger partial charge in [0.2, 0.25) is 21.8 Å². The molecule has 1 aromatic carbocycles. The van der Waals surface area contributed by atoms with E-state index in [2.05, 4.69) is 19.9 Å². The maximum atomic E-state index is 13.7. The van der Waals surface area contributed by atoms with E-state index < -0.39 is 21.7 Å². The van der Waals surface area contributed by atoms with Crippen molar-refractivity contribution in [3.05, 3.63) is 35.5 Å². The number of hydrogen-bond acceptors (Lipinski definition) is 10. The van der Waals surface area contributed by atoms with Crippen molar-refractivity contribution in [2.45, 2.75) is 68.9 Å². The molecule has 1 fully saturated rings. The van der Waals surface area contributed by atoms with E-state index in [1.54, 1.807) is 45.2 Å². The molecule has 0 unspecified atom stereocenters. The van der Waals surface area contributed by atoms with Crippen molar-refractivity contribution >= 4 is 27.5 Å². The molecule has 1 saturated carbocycles. The number of thiazole rings is 1. The van der Waals surface area contributed by atoms with Gasteiger partial charge in [-0.3, -0.25) is 0 Å². The van der Waals surface area contributed by atoms with Crippen LogP contribution in [0.15, 0.2) is 35.4 Å². The lowest BCUT2D eigenvalue weighted by molar-refractivity contribution is 0.0787. The Morgan fingerprint density at radius 1 is 1.05 bits per heavy atom. The molecule has 4 rings (SSSR count). The molecular weight excluding hydrogens is 542 g/mol. The van der Waals surface area contributed by atoms with Crippen LogP contribution < -0.4 is 19.9 Å². The third-order valence-electron chi connectivity index (χ3n) is 6.26. The van der Waals surface area contributed by atoms with Gasteiger partial charge in [-0.25, -0.2) is 22.9 Å². The van der Waals surface area contributed by atoms with Crippen molar-refractivity contribution in [3.63, 3.8) is 0 Å². The first-order valence-corrected chi connectivity index (χ1v) is 14.8. The maximum Gasteiger partial charge on any atom is 0.404 e. The van der Waals surface area contributed by atoms with Gasteiger partial charge in [0, 0.05) is 29.3 Å². The Morgan fingerprint density at radius 2 is 1.77 bits per heavy atom. The number of nitrogens with one attached hydrogen (secondary N) is 1. The first-order valence-electron chi connectivity index (χ1n) is 12.5. The van der Waals surface area contributed by atoms with Crippen LogP contribution in [0, 0.1) is 0 Å². The van der Waals surface area contributed by atoms with Crippen molar-refractivity contribution in [1.82, 2.24) is 19.9 Å². The fourth-order valence-corrected chi connectivity index (χ4v) is 7.44. The highest BCUT2D eigenvalue weighted by Gasteiger charge is 2.29. The minimum Gasteiger partial charge on any atom is -0.480 e. The fourth-order valence-electron chi connectivity index (χ4n) is 4.59. The summed E-state index contributed by atoms with van der Waals surface area (Å²) in [5.41, 5.74) is 6.12. The zero-order valence-electron chi connectivity index (χ0n) is 22.6. The van der Waals surface area contributed by atoms with E-state index in [0.717, 1.165) is 22.7 Å². The molecule has 0 saturated heterocycles. The number of primary amides is 1. The third-order valence-corrected chi connectivity index (χ3v) is 9.25. The summed E-state index contributed by atoms with van der Waals surface area (Å²) in [6, 6.07) is 6.84. The number of nitrogens with zero attached hydrogens (tertiary/aromatic N) is 3. The molecule has 0 aliphatic heterocycles. The zero-order valence-corrected chi connectivity index (χ0v) is 24.2. The van der Waals surface area contributed by atoms with Crippen molar-refractivity contribution in [3.8, 4) is 33.3 Å². The Morgan fingerprint density at radius 3 is 2.38 bits per heavy atom. The quantitative estimate of drug-likeness (QED) is 0.395. The lowest BCUT2D eigenvalue weighted by atomic mass is 9.88. The number of hydrogen-bond donors (Lipinski definition) is 2. The molecule has 0 radical (unpaired) electrons. The Kier molecular flexibility index (Phi) is 8.42. The number of sulfonamides is 1. The van der Waals surface area contributed by atoms with Gasteiger partial charge in [-0.05, 0) is 58.1 Å². The zero-order chi connectivity index (χ0) is 28.4.